The van der Waals surface area contributed by atoms with Gasteiger partial charge in [-0.1, -0.05) is 6.92 Å². The number of hydrogen-bond donors (Lipinski definition) is 1. The lowest BCUT2D eigenvalue weighted by Crippen LogP contribution is -2.13. The second-order valence-corrected chi connectivity index (χ2v) is 5.35. The Kier molecular flexibility index (Phi) is 4.08. The van der Waals surface area contributed by atoms with Crippen LogP contribution in [0.4, 0.5) is 0 Å². The van der Waals surface area contributed by atoms with E-state index in [0.717, 1.165) is 35.2 Å². The number of imidazole rings is 1. The van der Waals surface area contributed by atoms with Crippen LogP contribution in [0.1, 0.15) is 12.6 Å². The first-order valence-corrected chi connectivity index (χ1v) is 7.67. The first-order chi connectivity index (χ1) is 10.3. The molecule has 0 unspecified atom stereocenters. The van der Waals surface area contributed by atoms with E-state index in [1.807, 2.05) is 35.8 Å². The molecule has 0 aliphatic heterocycles. The molecular weight excluding hydrogens is 286 g/mol. The molecule has 0 fully saturated rings. The van der Waals surface area contributed by atoms with Crippen molar-refractivity contribution in [3.8, 4) is 17.4 Å². The van der Waals surface area contributed by atoms with Gasteiger partial charge in [0.15, 0.2) is 4.96 Å². The molecule has 0 amide bonds. The molecule has 0 aliphatic rings. The maximum Gasteiger partial charge on any atom is 0.243 e. The summed E-state index contributed by atoms with van der Waals surface area (Å²) in [4.78, 5) is 5.49. The van der Waals surface area contributed by atoms with Gasteiger partial charge in [0.05, 0.1) is 7.11 Å². The summed E-state index contributed by atoms with van der Waals surface area (Å²) in [5.74, 6) is 2.20. The van der Waals surface area contributed by atoms with Crippen LogP contribution in [0.2, 0.25) is 0 Å². The summed E-state index contributed by atoms with van der Waals surface area (Å²) in [7, 11) is 1.65. The molecule has 0 saturated heterocycles. The minimum Gasteiger partial charge on any atom is -0.497 e. The zero-order chi connectivity index (χ0) is 14.7. The second-order valence-electron chi connectivity index (χ2n) is 4.48. The van der Waals surface area contributed by atoms with Crippen molar-refractivity contribution in [2.75, 3.05) is 13.7 Å². The highest BCUT2D eigenvalue weighted by molar-refractivity contribution is 7.15. The third kappa shape index (κ3) is 2.86. The van der Waals surface area contributed by atoms with Crippen molar-refractivity contribution in [1.29, 1.82) is 0 Å². The van der Waals surface area contributed by atoms with Crippen molar-refractivity contribution >= 4 is 16.3 Å². The van der Waals surface area contributed by atoms with Crippen molar-refractivity contribution in [1.82, 2.24) is 14.7 Å². The summed E-state index contributed by atoms with van der Waals surface area (Å²) in [6.45, 7) is 3.70. The standard InChI is InChI=1S/C15H17N3O2S/c1-3-16-10-13-14(17-15-18(13)8-9-21-15)20-12-6-4-11(19-2)5-7-12/h4-9,16H,3,10H2,1-2H3. The number of ether oxygens (including phenoxy) is 2. The van der Waals surface area contributed by atoms with Crippen LogP contribution in [-0.2, 0) is 6.54 Å². The molecule has 21 heavy (non-hydrogen) atoms. The van der Waals surface area contributed by atoms with Crippen molar-refractivity contribution in [2.45, 2.75) is 13.5 Å². The summed E-state index contributed by atoms with van der Waals surface area (Å²) in [6, 6.07) is 7.50. The van der Waals surface area contributed by atoms with Gasteiger partial charge < -0.3 is 14.8 Å². The maximum absolute atomic E-state index is 5.93. The maximum atomic E-state index is 5.93. The Morgan fingerprint density at radius 3 is 2.71 bits per heavy atom. The van der Waals surface area contributed by atoms with E-state index in [1.54, 1.807) is 18.4 Å². The molecule has 1 aromatic carbocycles. The Balaban J connectivity index is 1.89. The molecule has 0 radical (unpaired) electrons. The Morgan fingerprint density at radius 1 is 1.24 bits per heavy atom. The normalized spacial score (nSPS) is 11.0. The quantitative estimate of drug-likeness (QED) is 0.759. The van der Waals surface area contributed by atoms with Gasteiger partial charge in [-0.25, -0.2) is 0 Å². The van der Waals surface area contributed by atoms with E-state index in [2.05, 4.69) is 21.6 Å². The highest BCUT2D eigenvalue weighted by atomic mass is 32.1. The van der Waals surface area contributed by atoms with Gasteiger partial charge in [0.1, 0.15) is 17.2 Å². The van der Waals surface area contributed by atoms with Crippen LogP contribution in [0.5, 0.6) is 17.4 Å². The number of rotatable bonds is 6. The molecule has 110 valence electrons. The zero-order valence-electron chi connectivity index (χ0n) is 12.0. The molecule has 0 aliphatic carbocycles. The fourth-order valence-corrected chi connectivity index (χ4v) is 2.78. The van der Waals surface area contributed by atoms with Gasteiger partial charge in [0, 0.05) is 18.1 Å². The van der Waals surface area contributed by atoms with E-state index in [1.165, 1.54) is 0 Å². The fraction of sp³-hybridized carbons (Fsp3) is 0.267. The summed E-state index contributed by atoms with van der Waals surface area (Å²) < 4.78 is 13.1. The SMILES string of the molecule is CCNCc1c(Oc2ccc(OC)cc2)nc2sccn12. The van der Waals surface area contributed by atoms with E-state index < -0.39 is 0 Å². The summed E-state index contributed by atoms with van der Waals surface area (Å²) in [5.41, 5.74) is 1.03. The molecule has 5 nitrogen and oxygen atoms in total. The first-order valence-electron chi connectivity index (χ1n) is 6.79. The van der Waals surface area contributed by atoms with E-state index in [9.17, 15) is 0 Å². The van der Waals surface area contributed by atoms with Gasteiger partial charge in [-0.15, -0.1) is 11.3 Å². The van der Waals surface area contributed by atoms with Crippen LogP contribution in [0.15, 0.2) is 35.8 Å². The molecule has 1 N–H and O–H groups in total. The largest absolute Gasteiger partial charge is 0.497 e. The second kappa shape index (κ2) is 6.15. The third-order valence-corrected chi connectivity index (χ3v) is 3.90. The van der Waals surface area contributed by atoms with Crippen molar-refractivity contribution in [2.24, 2.45) is 0 Å². The summed E-state index contributed by atoms with van der Waals surface area (Å²) in [5, 5.41) is 5.34. The topological polar surface area (TPSA) is 47.8 Å². The number of methoxy groups -OCH3 is 1. The molecule has 0 spiro atoms. The lowest BCUT2D eigenvalue weighted by Gasteiger charge is -2.07. The number of nitrogens with zero attached hydrogens (tertiary/aromatic N) is 2. The minimum atomic E-state index is 0.646. The molecular formula is C15H17N3O2S. The molecule has 0 bridgehead atoms. The molecule has 3 aromatic rings. The fourth-order valence-electron chi connectivity index (χ4n) is 2.05. The van der Waals surface area contributed by atoms with Gasteiger partial charge in [-0.05, 0) is 30.8 Å². The Labute approximate surface area is 127 Å². The third-order valence-electron chi connectivity index (χ3n) is 3.14. The Morgan fingerprint density at radius 2 is 2.00 bits per heavy atom. The molecule has 3 rings (SSSR count). The molecule has 2 aromatic heterocycles. The predicted molar refractivity (Wildman–Crippen MR) is 83.5 cm³/mol. The number of benzene rings is 1. The van der Waals surface area contributed by atoms with Crippen LogP contribution >= 0.6 is 11.3 Å². The Bertz CT molecular complexity index is 718. The van der Waals surface area contributed by atoms with Crippen LogP contribution in [-0.4, -0.2) is 23.0 Å². The number of fused-ring (bicyclic) bond motifs is 1. The predicted octanol–water partition coefficient (Wildman–Crippen LogP) is 3.31. The number of nitrogens with one attached hydrogen (secondary N) is 1. The minimum absolute atomic E-state index is 0.646. The van der Waals surface area contributed by atoms with E-state index in [4.69, 9.17) is 9.47 Å². The van der Waals surface area contributed by atoms with E-state index in [0.29, 0.717) is 5.88 Å². The van der Waals surface area contributed by atoms with E-state index >= 15 is 0 Å². The van der Waals surface area contributed by atoms with Gasteiger partial charge in [0.25, 0.3) is 0 Å². The van der Waals surface area contributed by atoms with Gasteiger partial charge >= 0.3 is 0 Å². The lowest BCUT2D eigenvalue weighted by molar-refractivity contribution is 0.412. The highest BCUT2D eigenvalue weighted by Crippen LogP contribution is 2.28. The molecule has 2 heterocycles. The van der Waals surface area contributed by atoms with Crippen LogP contribution in [0.25, 0.3) is 4.96 Å². The summed E-state index contributed by atoms with van der Waals surface area (Å²) >= 11 is 1.60. The number of thiazole rings is 1. The van der Waals surface area contributed by atoms with Gasteiger partial charge in [-0.2, -0.15) is 4.98 Å². The monoisotopic (exact) mass is 303 g/mol. The average Bonchev–Trinajstić information content (AvgIpc) is 3.07. The van der Waals surface area contributed by atoms with Crippen molar-refractivity contribution in [3.05, 3.63) is 41.5 Å². The van der Waals surface area contributed by atoms with Crippen molar-refractivity contribution in [3.63, 3.8) is 0 Å². The van der Waals surface area contributed by atoms with Gasteiger partial charge in [0.2, 0.25) is 5.88 Å². The number of hydrogen-bond acceptors (Lipinski definition) is 5. The smallest absolute Gasteiger partial charge is 0.243 e. The lowest BCUT2D eigenvalue weighted by atomic mass is 10.3. The summed E-state index contributed by atoms with van der Waals surface area (Å²) in [6.07, 6.45) is 2.01. The highest BCUT2D eigenvalue weighted by Gasteiger charge is 2.14. The zero-order valence-corrected chi connectivity index (χ0v) is 12.8. The van der Waals surface area contributed by atoms with Crippen molar-refractivity contribution < 1.29 is 9.47 Å². The van der Waals surface area contributed by atoms with Gasteiger partial charge in [-0.3, -0.25) is 4.40 Å². The molecule has 0 saturated carbocycles. The average molecular weight is 303 g/mol. The van der Waals surface area contributed by atoms with Crippen LogP contribution < -0.4 is 14.8 Å². The first kappa shape index (κ1) is 13.9. The van der Waals surface area contributed by atoms with Crippen LogP contribution in [0, 0.1) is 0 Å². The number of aromatic nitrogens is 2. The Hall–Kier alpha value is -2.05. The van der Waals surface area contributed by atoms with Crippen LogP contribution in [0.3, 0.4) is 0 Å². The van der Waals surface area contributed by atoms with E-state index in [-0.39, 0.29) is 0 Å². The molecule has 0 atom stereocenters. The molecule has 6 heteroatoms.